The third kappa shape index (κ3) is 4.53. The number of ether oxygens (including phenoxy) is 1. The first-order valence-electron chi connectivity index (χ1n) is 5.04. The van der Waals surface area contributed by atoms with E-state index >= 15 is 0 Å². The predicted molar refractivity (Wildman–Crippen MR) is 63.0 cm³/mol. The van der Waals surface area contributed by atoms with Crippen LogP contribution in [0.2, 0.25) is 0 Å². The van der Waals surface area contributed by atoms with Crippen molar-refractivity contribution in [2.45, 2.75) is 6.92 Å². The molecule has 1 aromatic carbocycles. The van der Waals surface area contributed by atoms with Crippen LogP contribution in [-0.4, -0.2) is 31.6 Å². The van der Waals surface area contributed by atoms with E-state index in [9.17, 15) is 0 Å². The number of benzene rings is 1. The summed E-state index contributed by atoms with van der Waals surface area (Å²) in [5.74, 6) is 3.51. The number of terminal acetylenes is 1. The van der Waals surface area contributed by atoms with Crippen molar-refractivity contribution in [2.75, 3.05) is 26.7 Å². The number of hydrogen-bond acceptors (Lipinski definition) is 2. The highest BCUT2D eigenvalue weighted by Gasteiger charge is 1.96. The summed E-state index contributed by atoms with van der Waals surface area (Å²) in [4.78, 5) is 2.05. The normalized spacial score (nSPS) is 10.0. The summed E-state index contributed by atoms with van der Waals surface area (Å²) < 4.78 is 5.57. The van der Waals surface area contributed by atoms with Gasteiger partial charge in [0.05, 0.1) is 6.54 Å². The zero-order valence-corrected chi connectivity index (χ0v) is 9.36. The molecule has 0 amide bonds. The van der Waals surface area contributed by atoms with Gasteiger partial charge >= 0.3 is 0 Å². The number of aryl methyl sites for hydroxylation is 1. The topological polar surface area (TPSA) is 12.5 Å². The minimum absolute atomic E-state index is 0.664. The molecule has 0 saturated heterocycles. The first-order valence-corrected chi connectivity index (χ1v) is 5.04. The summed E-state index contributed by atoms with van der Waals surface area (Å²) >= 11 is 0. The molecule has 0 atom stereocenters. The van der Waals surface area contributed by atoms with Gasteiger partial charge in [0.2, 0.25) is 0 Å². The molecule has 0 aliphatic heterocycles. The van der Waals surface area contributed by atoms with E-state index in [0.29, 0.717) is 13.2 Å². The maximum absolute atomic E-state index is 5.57. The van der Waals surface area contributed by atoms with Gasteiger partial charge in [-0.1, -0.05) is 23.6 Å². The Morgan fingerprint density at radius 2 is 2.00 bits per heavy atom. The third-order valence-corrected chi connectivity index (χ3v) is 2.12. The van der Waals surface area contributed by atoms with Crippen LogP contribution in [0.5, 0.6) is 5.75 Å². The van der Waals surface area contributed by atoms with Crippen molar-refractivity contribution in [1.29, 1.82) is 0 Å². The molecule has 0 aliphatic carbocycles. The average molecular weight is 203 g/mol. The Labute approximate surface area is 91.9 Å². The van der Waals surface area contributed by atoms with Crippen molar-refractivity contribution in [3.63, 3.8) is 0 Å². The van der Waals surface area contributed by atoms with Gasteiger partial charge < -0.3 is 4.74 Å². The molecule has 80 valence electrons. The van der Waals surface area contributed by atoms with Crippen molar-refractivity contribution >= 4 is 0 Å². The molecule has 0 bridgehead atoms. The third-order valence-electron chi connectivity index (χ3n) is 2.12. The van der Waals surface area contributed by atoms with Crippen molar-refractivity contribution in [3.05, 3.63) is 29.8 Å². The molecular formula is C13H17NO. The van der Waals surface area contributed by atoms with E-state index in [1.165, 1.54) is 5.56 Å². The Hall–Kier alpha value is -1.46. The van der Waals surface area contributed by atoms with Crippen LogP contribution in [0.15, 0.2) is 24.3 Å². The van der Waals surface area contributed by atoms with Gasteiger partial charge in [0.25, 0.3) is 0 Å². The van der Waals surface area contributed by atoms with Crippen LogP contribution >= 0.6 is 0 Å². The molecule has 0 fully saturated rings. The van der Waals surface area contributed by atoms with E-state index in [4.69, 9.17) is 11.2 Å². The standard InChI is InChI=1S/C13H17NO/c1-4-9-14(3)10-11-15-13-7-5-12(2)6-8-13/h1,5-8H,9-11H2,2-3H3. The summed E-state index contributed by atoms with van der Waals surface area (Å²) in [7, 11) is 1.98. The van der Waals surface area contributed by atoms with E-state index in [1.807, 2.05) is 36.2 Å². The maximum atomic E-state index is 5.57. The van der Waals surface area contributed by atoms with Crippen molar-refractivity contribution in [3.8, 4) is 18.1 Å². The summed E-state index contributed by atoms with van der Waals surface area (Å²) in [6.07, 6.45) is 5.20. The van der Waals surface area contributed by atoms with E-state index in [1.54, 1.807) is 0 Å². The van der Waals surface area contributed by atoms with Gasteiger partial charge in [0, 0.05) is 6.54 Å². The maximum Gasteiger partial charge on any atom is 0.119 e. The van der Waals surface area contributed by atoms with Crippen LogP contribution in [-0.2, 0) is 0 Å². The van der Waals surface area contributed by atoms with Crippen molar-refractivity contribution < 1.29 is 4.74 Å². The van der Waals surface area contributed by atoms with Gasteiger partial charge in [-0.25, -0.2) is 0 Å². The summed E-state index contributed by atoms with van der Waals surface area (Å²) in [5, 5.41) is 0. The molecule has 1 rings (SSSR count). The van der Waals surface area contributed by atoms with Gasteiger partial charge in [-0.15, -0.1) is 6.42 Å². The van der Waals surface area contributed by atoms with Crippen molar-refractivity contribution in [1.82, 2.24) is 4.90 Å². The number of rotatable bonds is 5. The zero-order chi connectivity index (χ0) is 11.1. The quantitative estimate of drug-likeness (QED) is 0.678. The number of likely N-dealkylation sites (N-methyl/N-ethyl adjacent to an activating group) is 1. The highest BCUT2D eigenvalue weighted by molar-refractivity contribution is 5.26. The monoisotopic (exact) mass is 203 g/mol. The Morgan fingerprint density at radius 3 is 2.60 bits per heavy atom. The Kier molecular flexibility index (Phi) is 4.73. The lowest BCUT2D eigenvalue weighted by atomic mass is 10.2. The highest BCUT2D eigenvalue weighted by atomic mass is 16.5. The molecule has 0 heterocycles. The first kappa shape index (κ1) is 11.6. The first-order chi connectivity index (χ1) is 7.22. The largest absolute Gasteiger partial charge is 0.492 e. The van der Waals surface area contributed by atoms with Gasteiger partial charge in [-0.2, -0.15) is 0 Å². The molecule has 0 aliphatic rings. The van der Waals surface area contributed by atoms with E-state index in [2.05, 4.69) is 12.8 Å². The molecule has 0 saturated carbocycles. The SMILES string of the molecule is C#CCN(C)CCOc1ccc(C)cc1. The molecule has 1 aromatic rings. The van der Waals surface area contributed by atoms with Crippen LogP contribution in [0.3, 0.4) is 0 Å². The average Bonchev–Trinajstić information content (AvgIpc) is 2.21. The molecule has 0 N–H and O–H groups in total. The number of hydrogen-bond donors (Lipinski definition) is 0. The van der Waals surface area contributed by atoms with Gasteiger partial charge in [-0.3, -0.25) is 4.90 Å². The molecule has 15 heavy (non-hydrogen) atoms. The summed E-state index contributed by atoms with van der Waals surface area (Å²) in [6.45, 7) is 4.24. The molecule has 2 nitrogen and oxygen atoms in total. The summed E-state index contributed by atoms with van der Waals surface area (Å²) in [5.41, 5.74) is 1.24. The van der Waals surface area contributed by atoms with Gasteiger partial charge in [0.1, 0.15) is 12.4 Å². The molecule has 0 spiro atoms. The fourth-order valence-corrected chi connectivity index (χ4v) is 1.19. The Morgan fingerprint density at radius 1 is 1.33 bits per heavy atom. The lowest BCUT2D eigenvalue weighted by molar-refractivity contribution is 0.251. The molecule has 0 unspecified atom stereocenters. The highest BCUT2D eigenvalue weighted by Crippen LogP contribution is 2.10. The minimum Gasteiger partial charge on any atom is -0.492 e. The van der Waals surface area contributed by atoms with Crippen LogP contribution in [0.25, 0.3) is 0 Å². The van der Waals surface area contributed by atoms with Gasteiger partial charge in [0.15, 0.2) is 0 Å². The second-order valence-corrected chi connectivity index (χ2v) is 3.60. The van der Waals surface area contributed by atoms with E-state index in [0.717, 1.165) is 12.3 Å². The lowest BCUT2D eigenvalue weighted by Crippen LogP contribution is -2.24. The minimum atomic E-state index is 0.664. The second-order valence-electron chi connectivity index (χ2n) is 3.60. The molecule has 0 aromatic heterocycles. The summed E-state index contributed by atoms with van der Waals surface area (Å²) in [6, 6.07) is 8.05. The number of nitrogens with zero attached hydrogens (tertiary/aromatic N) is 1. The van der Waals surface area contributed by atoms with Crippen LogP contribution in [0.1, 0.15) is 5.56 Å². The van der Waals surface area contributed by atoms with Gasteiger partial charge in [-0.05, 0) is 26.1 Å². The van der Waals surface area contributed by atoms with Crippen LogP contribution < -0.4 is 4.74 Å². The second kappa shape index (κ2) is 6.10. The van der Waals surface area contributed by atoms with Crippen LogP contribution in [0, 0.1) is 19.3 Å². The molecule has 2 heteroatoms. The molecule has 0 radical (unpaired) electrons. The van der Waals surface area contributed by atoms with Crippen LogP contribution in [0.4, 0.5) is 0 Å². The van der Waals surface area contributed by atoms with E-state index in [-0.39, 0.29) is 0 Å². The smallest absolute Gasteiger partial charge is 0.119 e. The fourth-order valence-electron chi connectivity index (χ4n) is 1.19. The Bertz CT molecular complexity index is 323. The lowest BCUT2D eigenvalue weighted by Gasteiger charge is -2.13. The molecular weight excluding hydrogens is 186 g/mol. The zero-order valence-electron chi connectivity index (χ0n) is 9.36. The van der Waals surface area contributed by atoms with E-state index < -0.39 is 0 Å². The Balaban J connectivity index is 2.26. The predicted octanol–water partition coefficient (Wildman–Crippen LogP) is 1.94. The van der Waals surface area contributed by atoms with Crippen molar-refractivity contribution in [2.24, 2.45) is 0 Å². The fraction of sp³-hybridized carbons (Fsp3) is 0.385.